The fraction of sp³-hybridized carbons (Fsp3) is 0.316. The maximum absolute atomic E-state index is 13.2. The van der Waals surface area contributed by atoms with E-state index in [-0.39, 0.29) is 5.91 Å². The van der Waals surface area contributed by atoms with E-state index < -0.39 is 5.79 Å². The van der Waals surface area contributed by atoms with E-state index in [0.29, 0.717) is 24.8 Å². The summed E-state index contributed by atoms with van der Waals surface area (Å²) in [5, 5.41) is 0.644. The maximum atomic E-state index is 13.2. The summed E-state index contributed by atoms with van der Waals surface area (Å²) in [4.78, 5) is 14.9. The van der Waals surface area contributed by atoms with Crippen LogP contribution in [-0.2, 0) is 26.6 Å². The van der Waals surface area contributed by atoms with Crippen molar-refractivity contribution in [3.05, 3.63) is 63.7 Å². The van der Waals surface area contributed by atoms with Crippen molar-refractivity contribution >= 4 is 23.2 Å². The standard InChI is InChI=1S/C19H18ClNO3/c1-12-9-13(2)17-15(10-12)19(23-7-8-24-19)18(22)21(17)11-14-5-3-4-6-16(14)20/h3-6,9-10H,7-8,11H2,1-2H3. The van der Waals surface area contributed by atoms with Gasteiger partial charge in [-0.2, -0.15) is 0 Å². The van der Waals surface area contributed by atoms with Gasteiger partial charge in [0.05, 0.1) is 25.4 Å². The Bertz CT molecular complexity index is 827. The van der Waals surface area contributed by atoms with Crippen LogP contribution in [0.4, 0.5) is 5.69 Å². The third kappa shape index (κ3) is 2.18. The number of benzene rings is 2. The molecule has 1 spiro atoms. The van der Waals surface area contributed by atoms with Gasteiger partial charge in [-0.05, 0) is 37.1 Å². The van der Waals surface area contributed by atoms with Gasteiger partial charge in [0.1, 0.15) is 0 Å². The van der Waals surface area contributed by atoms with Crippen molar-refractivity contribution in [3.8, 4) is 0 Å². The fourth-order valence-electron chi connectivity index (χ4n) is 3.60. The number of fused-ring (bicyclic) bond motifs is 2. The summed E-state index contributed by atoms with van der Waals surface area (Å²) in [6, 6.07) is 11.6. The molecule has 4 rings (SSSR count). The maximum Gasteiger partial charge on any atom is 0.292 e. The molecule has 24 heavy (non-hydrogen) atoms. The Balaban J connectivity index is 1.85. The number of carbonyl (C=O) groups excluding carboxylic acids is 1. The first kappa shape index (κ1) is 15.6. The summed E-state index contributed by atoms with van der Waals surface area (Å²) in [5.41, 5.74) is 4.67. The molecule has 5 heteroatoms. The number of hydrogen-bond donors (Lipinski definition) is 0. The zero-order valence-corrected chi connectivity index (χ0v) is 14.4. The molecule has 2 aromatic carbocycles. The van der Waals surface area contributed by atoms with Gasteiger partial charge in [-0.3, -0.25) is 4.79 Å². The lowest BCUT2D eigenvalue weighted by Gasteiger charge is -2.22. The second-order valence-corrected chi connectivity index (χ2v) is 6.68. The van der Waals surface area contributed by atoms with Gasteiger partial charge < -0.3 is 14.4 Å². The fourth-order valence-corrected chi connectivity index (χ4v) is 3.80. The summed E-state index contributed by atoms with van der Waals surface area (Å²) >= 11 is 6.29. The average Bonchev–Trinajstić information content (AvgIpc) is 3.11. The Morgan fingerprint density at radius 2 is 1.88 bits per heavy atom. The SMILES string of the molecule is Cc1cc(C)c2c(c1)C1(OCCO1)C(=O)N2Cc1ccccc1Cl. The summed E-state index contributed by atoms with van der Waals surface area (Å²) in [6.07, 6.45) is 0. The second kappa shape index (κ2) is 5.59. The number of nitrogens with zero attached hydrogens (tertiary/aromatic N) is 1. The van der Waals surface area contributed by atoms with Crippen molar-refractivity contribution in [1.29, 1.82) is 0 Å². The zero-order chi connectivity index (χ0) is 16.9. The molecule has 0 unspecified atom stereocenters. The van der Waals surface area contributed by atoms with Crippen LogP contribution in [-0.4, -0.2) is 19.1 Å². The Morgan fingerprint density at radius 3 is 2.58 bits per heavy atom. The van der Waals surface area contributed by atoms with Crippen LogP contribution in [0.2, 0.25) is 5.02 Å². The van der Waals surface area contributed by atoms with E-state index in [1.807, 2.05) is 44.2 Å². The monoisotopic (exact) mass is 343 g/mol. The number of aryl methyl sites for hydroxylation is 2. The predicted molar refractivity (Wildman–Crippen MR) is 92.1 cm³/mol. The quantitative estimate of drug-likeness (QED) is 0.834. The molecule has 0 atom stereocenters. The van der Waals surface area contributed by atoms with Gasteiger partial charge >= 0.3 is 0 Å². The van der Waals surface area contributed by atoms with Crippen molar-refractivity contribution in [2.45, 2.75) is 26.2 Å². The van der Waals surface area contributed by atoms with Crippen LogP contribution in [0.25, 0.3) is 0 Å². The van der Waals surface area contributed by atoms with Crippen LogP contribution in [0.3, 0.4) is 0 Å². The number of halogens is 1. The molecule has 1 amide bonds. The minimum atomic E-state index is -1.30. The van der Waals surface area contributed by atoms with Crippen LogP contribution < -0.4 is 4.90 Å². The topological polar surface area (TPSA) is 38.8 Å². The van der Waals surface area contributed by atoms with Gasteiger partial charge in [-0.1, -0.05) is 41.4 Å². The lowest BCUT2D eigenvalue weighted by Crippen LogP contribution is -2.41. The molecule has 0 aromatic heterocycles. The van der Waals surface area contributed by atoms with Gasteiger partial charge in [-0.25, -0.2) is 0 Å². The summed E-state index contributed by atoms with van der Waals surface area (Å²) < 4.78 is 11.6. The molecular weight excluding hydrogens is 326 g/mol. The van der Waals surface area contributed by atoms with Crippen molar-refractivity contribution < 1.29 is 14.3 Å². The van der Waals surface area contributed by atoms with E-state index in [1.165, 1.54) is 0 Å². The molecule has 0 bridgehead atoms. The number of anilines is 1. The molecule has 2 aliphatic heterocycles. The molecule has 1 fully saturated rings. The third-order valence-electron chi connectivity index (χ3n) is 4.58. The third-order valence-corrected chi connectivity index (χ3v) is 4.95. The number of ether oxygens (including phenoxy) is 2. The van der Waals surface area contributed by atoms with E-state index in [9.17, 15) is 4.79 Å². The van der Waals surface area contributed by atoms with Gasteiger partial charge in [0, 0.05) is 10.6 Å². The van der Waals surface area contributed by atoms with Crippen LogP contribution in [0.15, 0.2) is 36.4 Å². The molecule has 2 aliphatic rings. The van der Waals surface area contributed by atoms with Gasteiger partial charge in [-0.15, -0.1) is 0 Å². The van der Waals surface area contributed by atoms with Crippen LogP contribution in [0.1, 0.15) is 22.3 Å². The predicted octanol–water partition coefficient (Wildman–Crippen LogP) is 3.70. The average molecular weight is 344 g/mol. The molecule has 0 radical (unpaired) electrons. The molecule has 2 heterocycles. The highest BCUT2D eigenvalue weighted by atomic mass is 35.5. The summed E-state index contributed by atoms with van der Waals surface area (Å²) in [6.45, 7) is 5.24. The molecule has 124 valence electrons. The molecule has 0 N–H and O–H groups in total. The summed E-state index contributed by atoms with van der Waals surface area (Å²) in [5.74, 6) is -1.48. The van der Waals surface area contributed by atoms with Gasteiger partial charge in [0.2, 0.25) is 0 Å². The van der Waals surface area contributed by atoms with Crippen molar-refractivity contribution in [1.82, 2.24) is 0 Å². The Morgan fingerprint density at radius 1 is 1.17 bits per heavy atom. The summed E-state index contributed by atoms with van der Waals surface area (Å²) in [7, 11) is 0. The number of amides is 1. The van der Waals surface area contributed by atoms with E-state index in [1.54, 1.807) is 4.90 Å². The highest BCUT2D eigenvalue weighted by Gasteiger charge is 2.56. The highest BCUT2D eigenvalue weighted by Crippen LogP contribution is 2.48. The molecule has 0 aliphatic carbocycles. The molecule has 0 saturated carbocycles. The number of carbonyl (C=O) groups is 1. The minimum Gasteiger partial charge on any atom is -0.336 e. The number of hydrogen-bond acceptors (Lipinski definition) is 3. The van der Waals surface area contributed by atoms with Crippen molar-refractivity contribution in [2.75, 3.05) is 18.1 Å². The lowest BCUT2D eigenvalue weighted by atomic mass is 10.0. The smallest absolute Gasteiger partial charge is 0.292 e. The van der Waals surface area contributed by atoms with Crippen LogP contribution >= 0.6 is 11.6 Å². The van der Waals surface area contributed by atoms with Gasteiger partial charge in [0.15, 0.2) is 0 Å². The molecule has 4 nitrogen and oxygen atoms in total. The van der Waals surface area contributed by atoms with Gasteiger partial charge in [0.25, 0.3) is 11.7 Å². The largest absolute Gasteiger partial charge is 0.336 e. The Hall–Kier alpha value is -1.88. The van der Waals surface area contributed by atoms with Crippen LogP contribution in [0, 0.1) is 13.8 Å². The van der Waals surface area contributed by atoms with Crippen molar-refractivity contribution in [2.24, 2.45) is 0 Å². The van der Waals surface area contributed by atoms with E-state index in [2.05, 4.69) is 6.07 Å². The van der Waals surface area contributed by atoms with E-state index >= 15 is 0 Å². The first-order valence-corrected chi connectivity index (χ1v) is 8.36. The van der Waals surface area contributed by atoms with Crippen LogP contribution in [0.5, 0.6) is 0 Å². The highest BCUT2D eigenvalue weighted by molar-refractivity contribution is 6.31. The zero-order valence-electron chi connectivity index (χ0n) is 13.6. The minimum absolute atomic E-state index is 0.177. The normalized spacial score (nSPS) is 18.5. The lowest BCUT2D eigenvalue weighted by molar-refractivity contribution is -0.180. The molecular formula is C19H18ClNO3. The molecule has 2 aromatic rings. The van der Waals surface area contributed by atoms with Crippen molar-refractivity contribution in [3.63, 3.8) is 0 Å². The Kier molecular flexibility index (Phi) is 3.64. The van der Waals surface area contributed by atoms with E-state index in [0.717, 1.165) is 27.9 Å². The second-order valence-electron chi connectivity index (χ2n) is 6.27. The Labute approximate surface area is 145 Å². The molecule has 1 saturated heterocycles. The first-order chi connectivity index (χ1) is 11.5. The first-order valence-electron chi connectivity index (χ1n) is 7.98. The van der Waals surface area contributed by atoms with E-state index in [4.69, 9.17) is 21.1 Å². The number of rotatable bonds is 2.